The van der Waals surface area contributed by atoms with Gasteiger partial charge in [0.15, 0.2) is 0 Å². The zero-order chi connectivity index (χ0) is 19.2. The van der Waals surface area contributed by atoms with Gasteiger partial charge in [0.1, 0.15) is 0 Å². The Balaban J connectivity index is 1.84. The second kappa shape index (κ2) is 8.71. The molecule has 5 heteroatoms. The monoisotopic (exact) mass is 365 g/mol. The maximum Gasteiger partial charge on any atom is 0.255 e. The molecule has 2 aromatic rings. The van der Waals surface area contributed by atoms with Gasteiger partial charge in [0.2, 0.25) is 0 Å². The summed E-state index contributed by atoms with van der Waals surface area (Å²) < 4.78 is 0. The number of hydrogen-bond acceptors (Lipinski definition) is 3. The zero-order valence-electron chi connectivity index (χ0n) is 16.0. The van der Waals surface area contributed by atoms with Crippen molar-refractivity contribution in [1.29, 1.82) is 0 Å². The van der Waals surface area contributed by atoms with Crippen molar-refractivity contribution in [2.45, 2.75) is 33.1 Å². The summed E-state index contributed by atoms with van der Waals surface area (Å²) in [7, 11) is 0. The fraction of sp³-hybridized carbons (Fsp3) is 0.364. The molecule has 0 unspecified atom stereocenters. The number of amides is 2. The van der Waals surface area contributed by atoms with Gasteiger partial charge in [-0.2, -0.15) is 0 Å². The van der Waals surface area contributed by atoms with E-state index >= 15 is 0 Å². The van der Waals surface area contributed by atoms with Crippen molar-refractivity contribution in [3.63, 3.8) is 0 Å². The number of carbonyl (C=O) groups excluding carboxylic acids is 2. The van der Waals surface area contributed by atoms with Gasteiger partial charge in [-0.15, -0.1) is 0 Å². The highest BCUT2D eigenvalue weighted by Crippen LogP contribution is 2.28. The van der Waals surface area contributed by atoms with E-state index in [-0.39, 0.29) is 11.8 Å². The Labute approximate surface area is 160 Å². The number of nitrogens with zero attached hydrogens (tertiary/aromatic N) is 1. The number of nitrogens with one attached hydrogen (secondary N) is 2. The molecule has 0 spiro atoms. The highest BCUT2D eigenvalue weighted by atomic mass is 16.2. The van der Waals surface area contributed by atoms with Crippen LogP contribution in [0.15, 0.2) is 42.5 Å². The van der Waals surface area contributed by atoms with Crippen LogP contribution in [0.1, 0.15) is 52.5 Å². The lowest BCUT2D eigenvalue weighted by atomic mass is 10.1. The predicted molar refractivity (Wildman–Crippen MR) is 110 cm³/mol. The van der Waals surface area contributed by atoms with Crippen LogP contribution in [0.25, 0.3) is 0 Å². The van der Waals surface area contributed by atoms with Gasteiger partial charge in [-0.3, -0.25) is 9.59 Å². The Hall–Kier alpha value is -2.82. The van der Waals surface area contributed by atoms with Crippen LogP contribution >= 0.6 is 0 Å². The van der Waals surface area contributed by atoms with E-state index in [9.17, 15) is 9.59 Å². The van der Waals surface area contributed by atoms with Crippen LogP contribution in [-0.2, 0) is 0 Å². The Kier molecular flexibility index (Phi) is 6.12. The zero-order valence-corrected chi connectivity index (χ0v) is 16.0. The molecule has 1 aliphatic heterocycles. The highest BCUT2D eigenvalue weighted by Gasteiger charge is 2.20. The molecule has 1 saturated heterocycles. The largest absolute Gasteiger partial charge is 0.371 e. The van der Waals surface area contributed by atoms with E-state index in [1.54, 1.807) is 18.2 Å². The molecule has 2 N–H and O–H groups in total. The van der Waals surface area contributed by atoms with Gasteiger partial charge in [0.25, 0.3) is 11.8 Å². The van der Waals surface area contributed by atoms with E-state index in [4.69, 9.17) is 0 Å². The molecule has 2 amide bonds. The molecule has 1 heterocycles. The first-order valence-electron chi connectivity index (χ1n) is 9.63. The van der Waals surface area contributed by atoms with Crippen molar-refractivity contribution >= 4 is 23.2 Å². The Morgan fingerprint density at radius 2 is 1.70 bits per heavy atom. The van der Waals surface area contributed by atoms with Crippen molar-refractivity contribution in [2.24, 2.45) is 0 Å². The summed E-state index contributed by atoms with van der Waals surface area (Å²) in [4.78, 5) is 27.4. The molecule has 2 aromatic carbocycles. The predicted octanol–water partition coefficient (Wildman–Crippen LogP) is 3.99. The fourth-order valence-electron chi connectivity index (χ4n) is 3.27. The number of benzene rings is 2. The minimum Gasteiger partial charge on any atom is -0.371 e. The molecule has 5 nitrogen and oxygen atoms in total. The van der Waals surface area contributed by atoms with E-state index in [0.717, 1.165) is 43.6 Å². The van der Waals surface area contributed by atoms with Gasteiger partial charge < -0.3 is 15.5 Å². The van der Waals surface area contributed by atoms with Crippen LogP contribution in [0.3, 0.4) is 0 Å². The molecule has 0 aromatic heterocycles. The molecule has 0 atom stereocenters. The van der Waals surface area contributed by atoms with Crippen LogP contribution in [0.4, 0.5) is 11.4 Å². The lowest BCUT2D eigenvalue weighted by molar-refractivity contribution is 0.0952. The van der Waals surface area contributed by atoms with E-state index in [2.05, 4.69) is 15.5 Å². The Bertz CT molecular complexity index is 809. The number of aryl methyl sites for hydroxylation is 1. The average molecular weight is 365 g/mol. The summed E-state index contributed by atoms with van der Waals surface area (Å²) in [5, 5.41) is 5.86. The summed E-state index contributed by atoms with van der Waals surface area (Å²) in [6.45, 7) is 6.57. The second-order valence-electron chi connectivity index (χ2n) is 7.00. The number of anilines is 2. The molecule has 27 heavy (non-hydrogen) atoms. The van der Waals surface area contributed by atoms with Crippen LogP contribution in [0, 0.1) is 6.92 Å². The third-order valence-corrected chi connectivity index (χ3v) is 4.80. The van der Waals surface area contributed by atoms with Gasteiger partial charge in [-0.25, -0.2) is 0 Å². The lowest BCUT2D eigenvalue weighted by Crippen LogP contribution is -2.28. The molecule has 142 valence electrons. The molecule has 0 bridgehead atoms. The maximum atomic E-state index is 12.7. The van der Waals surface area contributed by atoms with Crippen LogP contribution in [-0.4, -0.2) is 31.4 Å². The third kappa shape index (κ3) is 4.67. The summed E-state index contributed by atoms with van der Waals surface area (Å²) in [5.41, 5.74) is 3.89. The number of hydrogen-bond donors (Lipinski definition) is 2. The normalized spacial score (nSPS) is 13.5. The van der Waals surface area contributed by atoms with Gasteiger partial charge in [0.05, 0.1) is 5.56 Å². The fourth-order valence-corrected chi connectivity index (χ4v) is 3.27. The van der Waals surface area contributed by atoms with Crippen molar-refractivity contribution in [2.75, 3.05) is 29.9 Å². The summed E-state index contributed by atoms with van der Waals surface area (Å²) >= 11 is 0. The maximum absolute atomic E-state index is 12.7. The number of rotatable bonds is 6. The van der Waals surface area contributed by atoms with Crippen molar-refractivity contribution < 1.29 is 9.59 Å². The van der Waals surface area contributed by atoms with E-state index in [1.165, 1.54) is 0 Å². The minimum atomic E-state index is -0.177. The standard InChI is InChI=1S/C22H27N3O2/c1-3-12-23-22(27)19-15-18(10-11-20(19)25-13-4-5-14-25)24-21(26)17-8-6-16(2)7-9-17/h6-11,15H,3-5,12-14H2,1-2H3,(H,23,27)(H,24,26). The number of carbonyl (C=O) groups is 2. The van der Waals surface area contributed by atoms with Gasteiger partial charge in [0, 0.05) is 36.6 Å². The van der Waals surface area contributed by atoms with Crippen LogP contribution in [0.2, 0.25) is 0 Å². The SMILES string of the molecule is CCCNC(=O)c1cc(NC(=O)c2ccc(C)cc2)ccc1N1CCCC1. The quantitative estimate of drug-likeness (QED) is 0.814. The van der Waals surface area contributed by atoms with Gasteiger partial charge in [-0.05, 0) is 56.5 Å². The van der Waals surface area contributed by atoms with Crippen molar-refractivity contribution in [3.8, 4) is 0 Å². The van der Waals surface area contributed by atoms with Crippen molar-refractivity contribution in [1.82, 2.24) is 5.32 Å². The molecule has 0 saturated carbocycles. The first-order chi connectivity index (χ1) is 13.1. The van der Waals surface area contributed by atoms with Crippen molar-refractivity contribution in [3.05, 3.63) is 59.2 Å². The topological polar surface area (TPSA) is 61.4 Å². The first kappa shape index (κ1) is 19.0. The van der Waals surface area contributed by atoms with Crippen LogP contribution < -0.4 is 15.5 Å². The van der Waals surface area contributed by atoms with Gasteiger partial charge >= 0.3 is 0 Å². The molecule has 1 fully saturated rings. The third-order valence-electron chi connectivity index (χ3n) is 4.80. The van der Waals surface area contributed by atoms with E-state index < -0.39 is 0 Å². The summed E-state index contributed by atoms with van der Waals surface area (Å²) in [5.74, 6) is -0.269. The Morgan fingerprint density at radius 3 is 2.37 bits per heavy atom. The highest BCUT2D eigenvalue weighted by molar-refractivity contribution is 6.06. The van der Waals surface area contributed by atoms with E-state index in [0.29, 0.717) is 23.4 Å². The second-order valence-corrected chi connectivity index (χ2v) is 7.00. The van der Waals surface area contributed by atoms with E-state index in [1.807, 2.05) is 38.1 Å². The minimum absolute atomic E-state index is 0.0924. The molecule has 0 radical (unpaired) electrons. The molecular formula is C22H27N3O2. The first-order valence-corrected chi connectivity index (χ1v) is 9.63. The average Bonchev–Trinajstić information content (AvgIpc) is 3.21. The van der Waals surface area contributed by atoms with Gasteiger partial charge in [-0.1, -0.05) is 24.6 Å². The lowest BCUT2D eigenvalue weighted by Gasteiger charge is -2.22. The molecule has 1 aliphatic rings. The Morgan fingerprint density at radius 1 is 1.00 bits per heavy atom. The molecular weight excluding hydrogens is 338 g/mol. The molecule has 0 aliphatic carbocycles. The smallest absolute Gasteiger partial charge is 0.255 e. The molecule has 3 rings (SSSR count). The summed E-state index contributed by atoms with van der Waals surface area (Å²) in [6, 6.07) is 13.0. The summed E-state index contributed by atoms with van der Waals surface area (Å²) in [6.07, 6.45) is 3.17. The van der Waals surface area contributed by atoms with Crippen LogP contribution in [0.5, 0.6) is 0 Å².